The molecule has 1 atom stereocenters. The first-order valence-electron chi connectivity index (χ1n) is 12.0. The molecule has 1 fully saturated rings. The lowest BCUT2D eigenvalue weighted by atomic mass is 9.94. The number of pyridine rings is 1. The van der Waals surface area contributed by atoms with E-state index >= 15 is 4.39 Å². The fraction of sp³-hybridized carbons (Fsp3) is 0.321. The Morgan fingerprint density at radius 2 is 1.83 bits per heavy atom. The highest BCUT2D eigenvalue weighted by Crippen LogP contribution is 2.29. The molecule has 0 bridgehead atoms. The standard InChI is InChI=1S/C28H30FN3O3/c1-35-22-13-9-10-20(18-22)19-32(28(34)25-16-7-8-17-30-25)26(23-14-5-6-15-24(23)29)27(33)31-21-11-3-2-4-12-21/h5-10,13-18,21,26H,2-4,11-12,19H2,1H3,(H,31,33). The zero-order valence-corrected chi connectivity index (χ0v) is 19.8. The van der Waals surface area contributed by atoms with E-state index in [2.05, 4.69) is 10.3 Å². The van der Waals surface area contributed by atoms with Crippen molar-refractivity contribution >= 4 is 11.8 Å². The molecule has 3 aromatic rings. The number of rotatable bonds is 8. The lowest BCUT2D eigenvalue weighted by molar-refractivity contribution is -0.127. The van der Waals surface area contributed by atoms with Gasteiger partial charge in [0.05, 0.1) is 7.11 Å². The van der Waals surface area contributed by atoms with Crippen molar-refractivity contribution in [3.05, 3.63) is 95.6 Å². The van der Waals surface area contributed by atoms with E-state index in [1.54, 1.807) is 55.6 Å². The fourth-order valence-electron chi connectivity index (χ4n) is 4.56. The Hall–Kier alpha value is -3.74. The highest BCUT2D eigenvalue weighted by Gasteiger charge is 2.35. The van der Waals surface area contributed by atoms with Gasteiger partial charge in [0.15, 0.2) is 0 Å². The molecule has 182 valence electrons. The Morgan fingerprint density at radius 1 is 1.06 bits per heavy atom. The maximum absolute atomic E-state index is 15.1. The van der Waals surface area contributed by atoms with Crippen LogP contribution in [-0.2, 0) is 11.3 Å². The molecule has 7 heteroatoms. The predicted molar refractivity (Wildman–Crippen MR) is 131 cm³/mol. The molecule has 4 rings (SSSR count). The summed E-state index contributed by atoms with van der Waals surface area (Å²) in [5.74, 6) is -0.766. The summed E-state index contributed by atoms with van der Waals surface area (Å²) in [6, 6.07) is 17.3. The number of hydrogen-bond donors (Lipinski definition) is 1. The number of benzene rings is 2. The first-order chi connectivity index (χ1) is 17.1. The number of halogens is 1. The molecule has 2 aromatic carbocycles. The van der Waals surface area contributed by atoms with Crippen LogP contribution < -0.4 is 10.1 Å². The smallest absolute Gasteiger partial charge is 0.273 e. The first kappa shape index (κ1) is 24.4. The van der Waals surface area contributed by atoms with Gasteiger partial charge in [0.25, 0.3) is 5.91 Å². The van der Waals surface area contributed by atoms with E-state index in [0.717, 1.165) is 37.7 Å². The van der Waals surface area contributed by atoms with Crippen molar-refractivity contribution in [1.29, 1.82) is 0 Å². The Bertz CT molecular complexity index is 1150. The predicted octanol–water partition coefficient (Wildman–Crippen LogP) is 5.06. The van der Waals surface area contributed by atoms with Crippen LogP contribution in [0.4, 0.5) is 4.39 Å². The molecule has 35 heavy (non-hydrogen) atoms. The number of aromatic nitrogens is 1. The monoisotopic (exact) mass is 475 g/mol. The zero-order valence-electron chi connectivity index (χ0n) is 19.8. The van der Waals surface area contributed by atoms with E-state index in [0.29, 0.717) is 5.75 Å². The Kier molecular flexibility index (Phi) is 8.08. The average Bonchev–Trinajstić information content (AvgIpc) is 2.90. The maximum atomic E-state index is 15.1. The van der Waals surface area contributed by atoms with Gasteiger partial charge in [0.2, 0.25) is 5.91 Å². The second kappa shape index (κ2) is 11.6. The minimum atomic E-state index is -1.17. The van der Waals surface area contributed by atoms with Crippen molar-refractivity contribution in [2.75, 3.05) is 7.11 Å². The SMILES string of the molecule is COc1cccc(CN(C(=O)c2ccccn2)C(C(=O)NC2CCCCC2)c2ccccc2F)c1. The number of nitrogens with zero attached hydrogens (tertiary/aromatic N) is 2. The van der Waals surface area contributed by atoms with Crippen molar-refractivity contribution in [3.63, 3.8) is 0 Å². The third-order valence-corrected chi connectivity index (χ3v) is 6.34. The number of amides is 2. The summed E-state index contributed by atoms with van der Waals surface area (Å²) in [5.41, 5.74) is 1.08. The van der Waals surface area contributed by atoms with Crippen LogP contribution in [0.15, 0.2) is 72.9 Å². The first-order valence-corrected chi connectivity index (χ1v) is 12.0. The van der Waals surface area contributed by atoms with Gasteiger partial charge in [-0.2, -0.15) is 0 Å². The molecule has 0 radical (unpaired) electrons. The van der Waals surface area contributed by atoms with Crippen LogP contribution in [-0.4, -0.2) is 34.8 Å². The van der Waals surface area contributed by atoms with Crippen LogP contribution in [0, 0.1) is 5.82 Å². The van der Waals surface area contributed by atoms with Crippen molar-refractivity contribution in [2.24, 2.45) is 0 Å². The lowest BCUT2D eigenvalue weighted by Crippen LogP contribution is -2.47. The number of hydrogen-bond acceptors (Lipinski definition) is 4. The minimum Gasteiger partial charge on any atom is -0.497 e. The Labute approximate surface area is 205 Å². The van der Waals surface area contributed by atoms with Crippen LogP contribution >= 0.6 is 0 Å². The Balaban J connectivity index is 1.76. The molecule has 1 heterocycles. The van der Waals surface area contributed by atoms with Crippen LogP contribution in [0.2, 0.25) is 0 Å². The molecule has 0 aliphatic heterocycles. The van der Waals surface area contributed by atoms with Crippen molar-refractivity contribution in [3.8, 4) is 5.75 Å². The van der Waals surface area contributed by atoms with E-state index < -0.39 is 23.7 Å². The number of carbonyl (C=O) groups is 2. The summed E-state index contributed by atoms with van der Waals surface area (Å²) < 4.78 is 20.4. The average molecular weight is 476 g/mol. The second-order valence-corrected chi connectivity index (χ2v) is 8.77. The molecule has 6 nitrogen and oxygen atoms in total. The zero-order chi connectivity index (χ0) is 24.6. The van der Waals surface area contributed by atoms with E-state index in [4.69, 9.17) is 4.74 Å². The molecule has 1 aromatic heterocycles. The highest BCUT2D eigenvalue weighted by molar-refractivity contribution is 5.96. The summed E-state index contributed by atoms with van der Waals surface area (Å²) in [7, 11) is 1.57. The molecule has 1 aliphatic carbocycles. The molecular formula is C28H30FN3O3. The van der Waals surface area contributed by atoms with E-state index in [1.165, 1.54) is 17.2 Å². The summed E-state index contributed by atoms with van der Waals surface area (Å²) in [5, 5.41) is 3.10. The van der Waals surface area contributed by atoms with Crippen LogP contribution in [0.1, 0.15) is 59.8 Å². The van der Waals surface area contributed by atoms with Gasteiger partial charge in [-0.05, 0) is 48.7 Å². The second-order valence-electron chi connectivity index (χ2n) is 8.77. The van der Waals surface area contributed by atoms with E-state index in [1.807, 2.05) is 12.1 Å². The van der Waals surface area contributed by atoms with Gasteiger partial charge in [-0.25, -0.2) is 4.39 Å². The normalized spacial score (nSPS) is 14.7. The summed E-state index contributed by atoms with van der Waals surface area (Å²) >= 11 is 0. The number of methoxy groups -OCH3 is 1. The van der Waals surface area contributed by atoms with Crippen molar-refractivity contribution in [1.82, 2.24) is 15.2 Å². The molecule has 1 unspecified atom stereocenters. The van der Waals surface area contributed by atoms with Crippen LogP contribution in [0.5, 0.6) is 5.75 Å². The summed E-state index contributed by atoms with van der Waals surface area (Å²) in [4.78, 5) is 33.1. The maximum Gasteiger partial charge on any atom is 0.273 e. The van der Waals surface area contributed by atoms with Gasteiger partial charge in [-0.1, -0.05) is 55.7 Å². The van der Waals surface area contributed by atoms with Crippen molar-refractivity contribution < 1.29 is 18.7 Å². The minimum absolute atomic E-state index is 0.00847. The molecule has 0 saturated heterocycles. The quantitative estimate of drug-likeness (QED) is 0.494. The van der Waals surface area contributed by atoms with Gasteiger partial charge < -0.3 is 15.0 Å². The van der Waals surface area contributed by atoms with E-state index in [-0.39, 0.29) is 23.8 Å². The number of carbonyl (C=O) groups excluding carboxylic acids is 2. The Morgan fingerprint density at radius 3 is 2.54 bits per heavy atom. The molecular weight excluding hydrogens is 445 g/mol. The van der Waals surface area contributed by atoms with Gasteiger partial charge in [0.1, 0.15) is 23.3 Å². The topological polar surface area (TPSA) is 71.5 Å². The van der Waals surface area contributed by atoms with Crippen LogP contribution in [0.25, 0.3) is 0 Å². The van der Waals surface area contributed by atoms with Gasteiger partial charge in [-0.3, -0.25) is 14.6 Å². The van der Waals surface area contributed by atoms with Gasteiger partial charge in [-0.15, -0.1) is 0 Å². The molecule has 0 spiro atoms. The third-order valence-electron chi connectivity index (χ3n) is 6.34. The van der Waals surface area contributed by atoms with E-state index in [9.17, 15) is 9.59 Å². The summed E-state index contributed by atoms with van der Waals surface area (Å²) in [6.07, 6.45) is 6.49. The van der Waals surface area contributed by atoms with Crippen LogP contribution in [0.3, 0.4) is 0 Å². The molecule has 1 aliphatic rings. The van der Waals surface area contributed by atoms with Gasteiger partial charge in [0, 0.05) is 24.3 Å². The lowest BCUT2D eigenvalue weighted by Gasteiger charge is -2.33. The molecule has 1 saturated carbocycles. The highest BCUT2D eigenvalue weighted by atomic mass is 19.1. The molecule has 2 amide bonds. The molecule has 1 N–H and O–H groups in total. The van der Waals surface area contributed by atoms with Crippen molar-refractivity contribution in [2.45, 2.75) is 50.7 Å². The van der Waals surface area contributed by atoms with Gasteiger partial charge >= 0.3 is 0 Å². The fourth-order valence-corrected chi connectivity index (χ4v) is 4.56. The number of nitrogens with one attached hydrogen (secondary N) is 1. The third kappa shape index (κ3) is 6.04. The number of ether oxygens (including phenoxy) is 1. The summed E-state index contributed by atoms with van der Waals surface area (Å²) in [6.45, 7) is 0.0731. The largest absolute Gasteiger partial charge is 0.497 e.